The van der Waals surface area contributed by atoms with E-state index in [4.69, 9.17) is 9.84 Å². The number of hydrogen-bond acceptors (Lipinski definition) is 4. The molecule has 34 heavy (non-hydrogen) atoms. The Labute approximate surface area is 199 Å². The highest BCUT2D eigenvalue weighted by molar-refractivity contribution is 5.89. The van der Waals surface area contributed by atoms with Crippen LogP contribution in [-0.2, 0) is 4.74 Å². The number of nitrogens with one attached hydrogen (secondary N) is 2. The number of carbonyl (C=O) groups excluding carboxylic acids is 1. The summed E-state index contributed by atoms with van der Waals surface area (Å²) in [5.41, 5.74) is 2.78. The number of amides is 2. The maximum atomic E-state index is 13.5. The second kappa shape index (κ2) is 10.8. The van der Waals surface area contributed by atoms with Crippen LogP contribution in [0.25, 0.3) is 5.69 Å². The zero-order valence-electron chi connectivity index (χ0n) is 19.9. The zero-order chi connectivity index (χ0) is 24.1. The first-order valence-corrected chi connectivity index (χ1v) is 11.6. The van der Waals surface area contributed by atoms with Gasteiger partial charge in [-0.2, -0.15) is 5.10 Å². The van der Waals surface area contributed by atoms with Gasteiger partial charge in [0.2, 0.25) is 0 Å². The number of urea groups is 1. The Bertz CT molecular complexity index is 1080. The van der Waals surface area contributed by atoms with E-state index in [0.29, 0.717) is 19.0 Å². The van der Waals surface area contributed by atoms with Gasteiger partial charge in [0.25, 0.3) is 0 Å². The lowest BCUT2D eigenvalue weighted by Gasteiger charge is -2.21. The third-order valence-corrected chi connectivity index (χ3v) is 6.18. The number of carbonyl (C=O) groups is 1. The SMILES string of the molecule is COCCN1CC(NC(=O)Nc2cc(C(C)C)nn2-c2ccccc2)C(c2ccc(F)cc2)C1. The number of halogens is 1. The van der Waals surface area contributed by atoms with Crippen LogP contribution in [0.4, 0.5) is 15.0 Å². The number of rotatable bonds is 8. The summed E-state index contributed by atoms with van der Waals surface area (Å²) in [7, 11) is 1.68. The number of para-hydroxylation sites is 1. The number of aromatic nitrogens is 2. The Hall–Kier alpha value is -3.23. The Morgan fingerprint density at radius 2 is 1.88 bits per heavy atom. The van der Waals surface area contributed by atoms with Crippen LogP contribution < -0.4 is 10.6 Å². The molecule has 4 rings (SSSR count). The van der Waals surface area contributed by atoms with Crippen molar-refractivity contribution >= 4 is 11.8 Å². The van der Waals surface area contributed by atoms with Crippen LogP contribution in [0.3, 0.4) is 0 Å². The highest BCUT2D eigenvalue weighted by Gasteiger charge is 2.34. The smallest absolute Gasteiger partial charge is 0.320 e. The van der Waals surface area contributed by atoms with Crippen molar-refractivity contribution in [1.29, 1.82) is 0 Å². The minimum absolute atomic E-state index is 0.0495. The average molecular weight is 466 g/mol. The molecule has 0 bridgehead atoms. The van der Waals surface area contributed by atoms with Gasteiger partial charge in [0.05, 0.1) is 24.0 Å². The van der Waals surface area contributed by atoms with Crippen molar-refractivity contribution in [2.24, 2.45) is 0 Å². The first-order chi connectivity index (χ1) is 16.4. The highest BCUT2D eigenvalue weighted by atomic mass is 19.1. The van der Waals surface area contributed by atoms with Gasteiger partial charge in [-0.15, -0.1) is 0 Å². The first-order valence-electron chi connectivity index (χ1n) is 11.6. The summed E-state index contributed by atoms with van der Waals surface area (Å²) < 4.78 is 20.5. The lowest BCUT2D eigenvalue weighted by Crippen LogP contribution is -2.42. The molecule has 2 atom stereocenters. The van der Waals surface area contributed by atoms with E-state index in [1.807, 2.05) is 36.4 Å². The summed E-state index contributed by atoms with van der Waals surface area (Å²) in [6.07, 6.45) is 0. The molecule has 2 aromatic carbocycles. The number of anilines is 1. The van der Waals surface area contributed by atoms with Gasteiger partial charge in [0, 0.05) is 38.7 Å². The van der Waals surface area contributed by atoms with Gasteiger partial charge in [0.1, 0.15) is 11.6 Å². The van der Waals surface area contributed by atoms with Gasteiger partial charge in [-0.25, -0.2) is 13.9 Å². The lowest BCUT2D eigenvalue weighted by molar-refractivity contribution is 0.159. The largest absolute Gasteiger partial charge is 0.383 e. The molecular weight excluding hydrogens is 433 g/mol. The van der Waals surface area contributed by atoms with Gasteiger partial charge >= 0.3 is 6.03 Å². The zero-order valence-corrected chi connectivity index (χ0v) is 19.9. The maximum absolute atomic E-state index is 13.5. The molecule has 1 saturated heterocycles. The molecule has 0 saturated carbocycles. The standard InChI is InChI=1S/C26H32FN5O2/c1-18(2)23-15-25(32(30-23)21-7-5-4-6-8-21)29-26(33)28-24-17-31(13-14-34-3)16-22(24)19-9-11-20(27)12-10-19/h4-12,15,18,22,24H,13-14,16-17H2,1-3H3,(H2,28,29,33). The Balaban J connectivity index is 1.52. The molecule has 1 fully saturated rings. The molecule has 1 aromatic heterocycles. The Morgan fingerprint density at radius 3 is 2.56 bits per heavy atom. The highest BCUT2D eigenvalue weighted by Crippen LogP contribution is 2.28. The van der Waals surface area contributed by atoms with E-state index in [1.165, 1.54) is 12.1 Å². The number of likely N-dealkylation sites (tertiary alicyclic amines) is 1. The quantitative estimate of drug-likeness (QED) is 0.518. The topological polar surface area (TPSA) is 71.4 Å². The van der Waals surface area contributed by atoms with Crippen LogP contribution >= 0.6 is 0 Å². The fraction of sp³-hybridized carbons (Fsp3) is 0.385. The fourth-order valence-corrected chi connectivity index (χ4v) is 4.34. The molecule has 2 amide bonds. The van der Waals surface area contributed by atoms with Gasteiger partial charge in [0.15, 0.2) is 0 Å². The predicted octanol–water partition coefficient (Wildman–Crippen LogP) is 4.37. The molecule has 180 valence electrons. The molecule has 1 aliphatic rings. The number of methoxy groups -OCH3 is 1. The Morgan fingerprint density at radius 1 is 1.15 bits per heavy atom. The molecule has 7 nitrogen and oxygen atoms in total. The van der Waals surface area contributed by atoms with Crippen molar-refractivity contribution in [2.75, 3.05) is 38.7 Å². The van der Waals surface area contributed by atoms with Gasteiger partial charge < -0.3 is 10.1 Å². The van der Waals surface area contributed by atoms with Crippen molar-refractivity contribution in [3.8, 4) is 5.69 Å². The second-order valence-corrected chi connectivity index (χ2v) is 8.97. The predicted molar refractivity (Wildman–Crippen MR) is 131 cm³/mol. The van der Waals surface area contributed by atoms with E-state index in [9.17, 15) is 9.18 Å². The molecule has 2 unspecified atom stereocenters. The molecule has 0 radical (unpaired) electrons. The van der Waals surface area contributed by atoms with E-state index in [2.05, 4.69) is 29.4 Å². The molecule has 0 aliphatic carbocycles. The van der Waals surface area contributed by atoms with E-state index in [0.717, 1.165) is 30.0 Å². The molecule has 8 heteroatoms. The number of hydrogen-bond donors (Lipinski definition) is 2. The average Bonchev–Trinajstić information content (AvgIpc) is 3.43. The fourth-order valence-electron chi connectivity index (χ4n) is 4.34. The van der Waals surface area contributed by atoms with Crippen LogP contribution in [0.1, 0.15) is 36.9 Å². The number of ether oxygens (including phenoxy) is 1. The molecule has 1 aliphatic heterocycles. The summed E-state index contributed by atoms with van der Waals surface area (Å²) in [5, 5.41) is 10.8. The van der Waals surface area contributed by atoms with Crippen molar-refractivity contribution in [3.63, 3.8) is 0 Å². The molecule has 0 spiro atoms. The minimum atomic E-state index is -0.293. The summed E-state index contributed by atoms with van der Waals surface area (Å²) in [5.74, 6) is 0.615. The maximum Gasteiger partial charge on any atom is 0.320 e. The van der Waals surface area contributed by atoms with E-state index in [-0.39, 0.29) is 29.7 Å². The van der Waals surface area contributed by atoms with Crippen molar-refractivity contribution in [1.82, 2.24) is 20.0 Å². The van der Waals surface area contributed by atoms with E-state index < -0.39 is 0 Å². The molecule has 3 aromatic rings. The summed E-state index contributed by atoms with van der Waals surface area (Å²) in [4.78, 5) is 15.4. The molecule has 2 N–H and O–H groups in total. The first kappa shape index (κ1) is 23.9. The van der Waals surface area contributed by atoms with Gasteiger partial charge in [-0.05, 0) is 35.7 Å². The summed E-state index contributed by atoms with van der Waals surface area (Å²) >= 11 is 0. The third-order valence-electron chi connectivity index (χ3n) is 6.18. The van der Waals surface area contributed by atoms with Crippen LogP contribution in [0.15, 0.2) is 60.7 Å². The van der Waals surface area contributed by atoms with Crippen molar-refractivity contribution < 1.29 is 13.9 Å². The molecular formula is C26H32FN5O2. The van der Waals surface area contributed by atoms with Crippen molar-refractivity contribution in [3.05, 3.63) is 77.7 Å². The van der Waals surface area contributed by atoms with Crippen LogP contribution in [-0.4, -0.2) is 60.1 Å². The number of benzene rings is 2. The minimum Gasteiger partial charge on any atom is -0.383 e. The van der Waals surface area contributed by atoms with Gasteiger partial charge in [-0.3, -0.25) is 10.2 Å². The monoisotopic (exact) mass is 465 g/mol. The van der Waals surface area contributed by atoms with E-state index >= 15 is 0 Å². The second-order valence-electron chi connectivity index (χ2n) is 8.97. The Kier molecular flexibility index (Phi) is 7.59. The normalized spacial score (nSPS) is 18.4. The van der Waals surface area contributed by atoms with Gasteiger partial charge in [-0.1, -0.05) is 44.2 Å². The number of nitrogens with zero attached hydrogens (tertiary/aromatic N) is 3. The van der Waals surface area contributed by atoms with E-state index in [1.54, 1.807) is 23.9 Å². The van der Waals surface area contributed by atoms with Crippen molar-refractivity contribution in [2.45, 2.75) is 31.7 Å². The summed E-state index contributed by atoms with van der Waals surface area (Å²) in [6, 6.07) is 17.8. The molecule has 2 heterocycles. The lowest BCUT2D eigenvalue weighted by atomic mass is 9.94. The summed E-state index contributed by atoms with van der Waals surface area (Å²) in [6.45, 7) is 6.98. The van der Waals surface area contributed by atoms with Crippen LogP contribution in [0, 0.1) is 5.82 Å². The van der Waals surface area contributed by atoms with Crippen LogP contribution in [0.2, 0.25) is 0 Å². The third kappa shape index (κ3) is 5.63. The van der Waals surface area contributed by atoms with Crippen LogP contribution in [0.5, 0.6) is 0 Å².